The summed E-state index contributed by atoms with van der Waals surface area (Å²) in [7, 11) is -3.63. The van der Waals surface area contributed by atoms with Gasteiger partial charge in [-0.25, -0.2) is 8.42 Å². The van der Waals surface area contributed by atoms with Crippen molar-refractivity contribution in [1.82, 2.24) is 4.90 Å². The molecule has 0 aromatic carbocycles. The van der Waals surface area contributed by atoms with Crippen LogP contribution in [0.1, 0.15) is 25.7 Å². The Bertz CT molecular complexity index is 553. The van der Waals surface area contributed by atoms with E-state index < -0.39 is 44.7 Å². The van der Waals surface area contributed by atoms with Crippen LogP contribution in [0.25, 0.3) is 0 Å². The summed E-state index contributed by atoms with van der Waals surface area (Å²) in [6, 6.07) is 0. The summed E-state index contributed by atoms with van der Waals surface area (Å²) in [6.07, 6.45) is 3.20. The van der Waals surface area contributed by atoms with Crippen LogP contribution in [0.2, 0.25) is 0 Å². The third-order valence-corrected chi connectivity index (χ3v) is 5.85. The van der Waals surface area contributed by atoms with Crippen molar-refractivity contribution in [2.45, 2.75) is 30.9 Å². The molecular formula is C12H15NO6S. The first-order valence-electron chi connectivity index (χ1n) is 6.29. The number of carboxylic acid groups (broad SMARTS) is 1. The van der Waals surface area contributed by atoms with Gasteiger partial charge in [0.1, 0.15) is 5.88 Å². The highest BCUT2D eigenvalue weighted by Crippen LogP contribution is 2.29. The first-order valence-corrected chi connectivity index (χ1v) is 8.00. The molecule has 0 saturated heterocycles. The zero-order valence-electron chi connectivity index (χ0n) is 10.7. The number of sulfone groups is 1. The van der Waals surface area contributed by atoms with Crippen molar-refractivity contribution in [2.75, 3.05) is 5.88 Å². The van der Waals surface area contributed by atoms with Crippen LogP contribution in [0, 0.1) is 5.92 Å². The van der Waals surface area contributed by atoms with E-state index in [9.17, 15) is 22.8 Å². The highest BCUT2D eigenvalue weighted by atomic mass is 32.2. The number of hydrogen-bond donors (Lipinski definition) is 1. The second-order valence-corrected chi connectivity index (χ2v) is 7.29. The first-order chi connectivity index (χ1) is 9.31. The van der Waals surface area contributed by atoms with E-state index in [0.717, 1.165) is 12.2 Å². The van der Waals surface area contributed by atoms with Crippen molar-refractivity contribution in [2.24, 2.45) is 5.92 Å². The molecule has 1 aliphatic carbocycles. The number of imide groups is 1. The van der Waals surface area contributed by atoms with E-state index in [1.165, 1.54) is 0 Å². The summed E-state index contributed by atoms with van der Waals surface area (Å²) in [4.78, 5) is 34.2. The number of amides is 2. The molecule has 0 unspecified atom stereocenters. The topological polar surface area (TPSA) is 109 Å². The van der Waals surface area contributed by atoms with Gasteiger partial charge >= 0.3 is 5.97 Å². The lowest BCUT2D eigenvalue weighted by atomic mass is 9.89. The maximum atomic E-state index is 12.2. The molecule has 0 spiro atoms. The molecule has 0 aromatic heterocycles. The van der Waals surface area contributed by atoms with Gasteiger partial charge in [0.05, 0.1) is 11.2 Å². The summed E-state index contributed by atoms with van der Waals surface area (Å²) < 4.78 is 24.4. The third kappa shape index (κ3) is 2.90. The standard InChI is InChI=1S/C12H15NO6S/c14-10-5-6-11(15)13(10)7-20(18,19)9-3-1-8(2-4-9)12(16)17/h5-6,8-9H,1-4,7H2,(H,16,17). The number of carbonyl (C=O) groups is 3. The number of rotatable bonds is 4. The van der Waals surface area contributed by atoms with Crippen LogP contribution < -0.4 is 0 Å². The molecule has 8 heteroatoms. The molecule has 7 nitrogen and oxygen atoms in total. The smallest absolute Gasteiger partial charge is 0.306 e. The molecule has 1 N–H and O–H groups in total. The Kier molecular flexibility index (Phi) is 3.94. The monoisotopic (exact) mass is 301 g/mol. The highest BCUT2D eigenvalue weighted by molar-refractivity contribution is 7.92. The van der Waals surface area contributed by atoms with Gasteiger partial charge in [0, 0.05) is 12.2 Å². The fraction of sp³-hybridized carbons (Fsp3) is 0.583. The summed E-state index contributed by atoms with van der Waals surface area (Å²) in [5.74, 6) is -3.29. The van der Waals surface area contributed by atoms with Gasteiger partial charge in [-0.2, -0.15) is 0 Å². The van der Waals surface area contributed by atoms with E-state index in [1.54, 1.807) is 0 Å². The van der Waals surface area contributed by atoms with Gasteiger partial charge in [0.15, 0.2) is 9.84 Å². The fourth-order valence-electron chi connectivity index (χ4n) is 2.51. The van der Waals surface area contributed by atoms with Gasteiger partial charge in [-0.3, -0.25) is 19.3 Å². The normalized spacial score (nSPS) is 27.1. The summed E-state index contributed by atoms with van der Waals surface area (Å²) in [5, 5.41) is 8.19. The van der Waals surface area contributed by atoms with Crippen LogP contribution >= 0.6 is 0 Å². The third-order valence-electron chi connectivity index (χ3n) is 3.74. The minimum Gasteiger partial charge on any atom is -0.481 e. The van der Waals surface area contributed by atoms with E-state index in [1.807, 2.05) is 0 Å². The number of nitrogens with zero attached hydrogens (tertiary/aromatic N) is 1. The minimum atomic E-state index is -3.63. The van der Waals surface area contributed by atoms with E-state index in [0.29, 0.717) is 17.7 Å². The first kappa shape index (κ1) is 14.7. The minimum absolute atomic E-state index is 0.253. The lowest BCUT2D eigenvalue weighted by Gasteiger charge is -2.27. The lowest BCUT2D eigenvalue weighted by Crippen LogP contribution is -2.40. The van der Waals surface area contributed by atoms with Crippen molar-refractivity contribution < 1.29 is 27.9 Å². The Morgan fingerprint density at radius 3 is 2.10 bits per heavy atom. The molecule has 1 saturated carbocycles. The van der Waals surface area contributed by atoms with Crippen molar-refractivity contribution in [1.29, 1.82) is 0 Å². The quantitative estimate of drug-likeness (QED) is 0.728. The predicted molar refractivity (Wildman–Crippen MR) is 68.2 cm³/mol. The Labute approximate surface area is 116 Å². The Balaban J connectivity index is 2.00. The predicted octanol–water partition coefficient (Wildman–Crippen LogP) is -0.0729. The second-order valence-electron chi connectivity index (χ2n) is 5.04. The maximum absolute atomic E-state index is 12.2. The zero-order valence-corrected chi connectivity index (χ0v) is 11.5. The molecule has 0 radical (unpaired) electrons. The van der Waals surface area contributed by atoms with Gasteiger partial charge < -0.3 is 5.11 Å². The molecule has 0 atom stereocenters. The van der Waals surface area contributed by atoms with Gasteiger partial charge in [0.2, 0.25) is 0 Å². The lowest BCUT2D eigenvalue weighted by molar-refractivity contribution is -0.142. The molecule has 0 bridgehead atoms. The van der Waals surface area contributed by atoms with Gasteiger partial charge in [0.25, 0.3) is 11.8 Å². The van der Waals surface area contributed by atoms with Crippen molar-refractivity contribution >= 4 is 27.6 Å². The molecule has 1 heterocycles. The number of carbonyl (C=O) groups excluding carboxylic acids is 2. The van der Waals surface area contributed by atoms with Crippen LogP contribution in [0.5, 0.6) is 0 Å². The van der Waals surface area contributed by atoms with Crippen molar-refractivity contribution in [3.8, 4) is 0 Å². The Morgan fingerprint density at radius 1 is 1.15 bits per heavy atom. The number of aliphatic carboxylic acids is 1. The molecule has 2 rings (SSSR count). The molecule has 2 amide bonds. The van der Waals surface area contributed by atoms with Gasteiger partial charge in [-0.15, -0.1) is 0 Å². The fourth-order valence-corrected chi connectivity index (χ4v) is 4.33. The van der Waals surface area contributed by atoms with Crippen LogP contribution in [-0.2, 0) is 24.2 Å². The summed E-state index contributed by atoms with van der Waals surface area (Å²) >= 11 is 0. The number of carboxylic acids is 1. The van der Waals surface area contributed by atoms with Crippen molar-refractivity contribution in [3.63, 3.8) is 0 Å². The maximum Gasteiger partial charge on any atom is 0.306 e. The molecule has 1 fully saturated rings. The van der Waals surface area contributed by atoms with E-state index in [4.69, 9.17) is 5.11 Å². The average Bonchev–Trinajstić information content (AvgIpc) is 2.70. The SMILES string of the molecule is O=C(O)C1CCC(S(=O)(=O)CN2C(=O)C=CC2=O)CC1. The molecule has 2 aliphatic rings. The molecular weight excluding hydrogens is 286 g/mol. The molecule has 1 aliphatic heterocycles. The van der Waals surface area contributed by atoms with Crippen LogP contribution in [0.15, 0.2) is 12.2 Å². The molecule has 0 aromatic rings. The van der Waals surface area contributed by atoms with E-state index >= 15 is 0 Å². The van der Waals surface area contributed by atoms with Crippen LogP contribution in [-0.4, -0.2) is 47.3 Å². The average molecular weight is 301 g/mol. The Morgan fingerprint density at radius 2 is 1.65 bits per heavy atom. The second kappa shape index (κ2) is 5.35. The van der Waals surface area contributed by atoms with Crippen molar-refractivity contribution in [3.05, 3.63) is 12.2 Å². The molecule has 110 valence electrons. The summed E-state index contributed by atoms with van der Waals surface area (Å²) in [5.41, 5.74) is 0. The van der Waals surface area contributed by atoms with E-state index in [2.05, 4.69) is 0 Å². The zero-order chi connectivity index (χ0) is 14.9. The number of hydrogen-bond acceptors (Lipinski definition) is 5. The Hall–Kier alpha value is -1.70. The van der Waals surface area contributed by atoms with Crippen LogP contribution in [0.4, 0.5) is 0 Å². The van der Waals surface area contributed by atoms with Gasteiger partial charge in [-0.1, -0.05) is 0 Å². The highest BCUT2D eigenvalue weighted by Gasteiger charge is 2.37. The van der Waals surface area contributed by atoms with E-state index in [-0.39, 0.29) is 12.8 Å². The van der Waals surface area contributed by atoms with Gasteiger partial charge in [-0.05, 0) is 25.7 Å². The molecule has 20 heavy (non-hydrogen) atoms. The largest absolute Gasteiger partial charge is 0.481 e. The van der Waals surface area contributed by atoms with Crippen LogP contribution in [0.3, 0.4) is 0 Å². The summed E-state index contributed by atoms with van der Waals surface area (Å²) in [6.45, 7) is 0.